The van der Waals surface area contributed by atoms with Crippen LogP contribution in [0, 0.1) is 0 Å². The van der Waals surface area contributed by atoms with Gasteiger partial charge < -0.3 is 14.7 Å². The van der Waals surface area contributed by atoms with Crippen molar-refractivity contribution in [3.63, 3.8) is 0 Å². The van der Waals surface area contributed by atoms with Gasteiger partial charge in [-0.3, -0.25) is 14.5 Å². The minimum absolute atomic E-state index is 0.0596. The highest BCUT2D eigenvalue weighted by molar-refractivity contribution is 6.51. The number of rotatable bonds is 6. The molecule has 3 aromatic rings. The Morgan fingerprint density at radius 2 is 1.72 bits per heavy atom. The van der Waals surface area contributed by atoms with Gasteiger partial charge in [-0.05, 0) is 79.6 Å². The Labute approximate surface area is 215 Å². The maximum atomic E-state index is 13.4. The van der Waals surface area contributed by atoms with Crippen molar-refractivity contribution in [2.24, 2.45) is 0 Å². The summed E-state index contributed by atoms with van der Waals surface area (Å²) in [5.74, 6) is -0.841. The summed E-state index contributed by atoms with van der Waals surface area (Å²) in [6.45, 7) is 6.49. The van der Waals surface area contributed by atoms with E-state index in [1.807, 2.05) is 30.3 Å². The molecule has 1 N–H and O–H groups in total. The summed E-state index contributed by atoms with van der Waals surface area (Å²) in [7, 11) is 0. The van der Waals surface area contributed by atoms with Crippen LogP contribution in [0.5, 0.6) is 5.75 Å². The van der Waals surface area contributed by atoms with Gasteiger partial charge in [0.2, 0.25) is 0 Å². The molecule has 6 nitrogen and oxygen atoms in total. The van der Waals surface area contributed by atoms with Crippen LogP contribution in [0.3, 0.4) is 0 Å². The van der Waals surface area contributed by atoms with Gasteiger partial charge in [-0.2, -0.15) is 0 Å². The largest absolute Gasteiger partial charge is 0.507 e. The summed E-state index contributed by atoms with van der Waals surface area (Å²) in [6.07, 6.45) is 0.728. The zero-order valence-electron chi connectivity index (χ0n) is 20.2. The second kappa shape index (κ2) is 9.70. The van der Waals surface area contributed by atoms with Crippen molar-refractivity contribution in [2.45, 2.75) is 26.3 Å². The number of ketones is 1. The number of carbonyl (C=O) groups excluding carboxylic acids is 2. The standard InChI is InChI=1S/C29H27ClN2O4/c1-3-31(4-2)22-10-5-18(6-11-22)26-25(27(33)20-7-14-24-19(17-20)15-16-36-24)28(34)29(35)32(26)23-12-8-21(30)9-13-23/h5-14,17,26,33H,3-4,15-16H2,1-2H3/b27-25-. The predicted molar refractivity (Wildman–Crippen MR) is 142 cm³/mol. The highest BCUT2D eigenvalue weighted by Crippen LogP contribution is 2.43. The number of fused-ring (bicyclic) bond motifs is 1. The van der Waals surface area contributed by atoms with Gasteiger partial charge in [0.1, 0.15) is 11.5 Å². The maximum Gasteiger partial charge on any atom is 0.300 e. The van der Waals surface area contributed by atoms with Crippen molar-refractivity contribution < 1.29 is 19.4 Å². The lowest BCUT2D eigenvalue weighted by molar-refractivity contribution is -0.132. The van der Waals surface area contributed by atoms with E-state index in [1.165, 1.54) is 4.90 Å². The third kappa shape index (κ3) is 4.11. The summed E-state index contributed by atoms with van der Waals surface area (Å²) in [6, 6.07) is 19.1. The van der Waals surface area contributed by atoms with Crippen LogP contribution in [0.25, 0.3) is 5.76 Å². The molecule has 0 aromatic heterocycles. The number of carbonyl (C=O) groups is 2. The lowest BCUT2D eigenvalue weighted by atomic mass is 9.94. The molecule has 1 unspecified atom stereocenters. The third-order valence-corrected chi connectivity index (χ3v) is 7.10. The number of hydrogen-bond donors (Lipinski definition) is 1. The third-order valence-electron chi connectivity index (χ3n) is 6.85. The number of benzene rings is 3. The van der Waals surface area contributed by atoms with Crippen LogP contribution < -0.4 is 14.5 Å². The predicted octanol–water partition coefficient (Wildman–Crippen LogP) is 5.75. The molecular formula is C29H27ClN2O4. The fourth-order valence-corrected chi connectivity index (χ4v) is 5.09. The van der Waals surface area contributed by atoms with Crippen molar-refractivity contribution in [3.8, 4) is 5.75 Å². The number of halogens is 1. The molecule has 2 aliphatic rings. The monoisotopic (exact) mass is 502 g/mol. The van der Waals surface area contributed by atoms with Gasteiger partial charge in [0.05, 0.1) is 18.2 Å². The van der Waals surface area contributed by atoms with Gasteiger partial charge in [-0.25, -0.2) is 0 Å². The number of aliphatic hydroxyl groups excluding tert-OH is 1. The summed E-state index contributed by atoms with van der Waals surface area (Å²) in [5.41, 5.74) is 3.81. The molecule has 1 fully saturated rings. The molecule has 184 valence electrons. The van der Waals surface area contributed by atoms with E-state index in [1.54, 1.807) is 36.4 Å². The van der Waals surface area contributed by atoms with Gasteiger partial charge in [0.15, 0.2) is 0 Å². The molecule has 36 heavy (non-hydrogen) atoms. The normalized spacial score (nSPS) is 18.3. The Kier molecular flexibility index (Phi) is 6.46. The topological polar surface area (TPSA) is 70.1 Å². The summed E-state index contributed by atoms with van der Waals surface area (Å²) in [5, 5.41) is 11.9. The number of amides is 1. The molecular weight excluding hydrogens is 476 g/mol. The fourth-order valence-electron chi connectivity index (χ4n) is 4.96. The van der Waals surface area contributed by atoms with Crippen LogP contribution in [0.4, 0.5) is 11.4 Å². The first-order chi connectivity index (χ1) is 17.4. The molecule has 1 atom stereocenters. The maximum absolute atomic E-state index is 13.4. The van der Waals surface area contributed by atoms with E-state index in [9.17, 15) is 14.7 Å². The van der Waals surface area contributed by atoms with Crippen molar-refractivity contribution in [2.75, 3.05) is 29.5 Å². The second-order valence-corrected chi connectivity index (χ2v) is 9.27. The Bertz CT molecular complexity index is 1340. The number of hydrogen-bond acceptors (Lipinski definition) is 5. The van der Waals surface area contributed by atoms with E-state index in [0.29, 0.717) is 22.9 Å². The van der Waals surface area contributed by atoms with Gasteiger partial charge in [-0.1, -0.05) is 23.7 Å². The van der Waals surface area contributed by atoms with Crippen molar-refractivity contribution in [1.82, 2.24) is 0 Å². The van der Waals surface area contributed by atoms with Crippen molar-refractivity contribution in [3.05, 3.63) is 94.0 Å². The van der Waals surface area contributed by atoms with E-state index < -0.39 is 17.7 Å². The number of nitrogens with zero attached hydrogens (tertiary/aromatic N) is 2. The lowest BCUT2D eigenvalue weighted by Crippen LogP contribution is -2.29. The Hall–Kier alpha value is -3.77. The molecule has 0 saturated carbocycles. The highest BCUT2D eigenvalue weighted by Gasteiger charge is 2.47. The SMILES string of the molecule is CCN(CC)c1ccc(C2/C(=C(/O)c3ccc4c(c3)CCO4)C(=O)C(=O)N2c2ccc(Cl)cc2)cc1. The molecule has 2 heterocycles. The summed E-state index contributed by atoms with van der Waals surface area (Å²) < 4.78 is 5.58. The zero-order valence-corrected chi connectivity index (χ0v) is 21.0. The molecule has 0 aliphatic carbocycles. The molecule has 7 heteroatoms. The second-order valence-electron chi connectivity index (χ2n) is 8.83. The van der Waals surface area contributed by atoms with Gasteiger partial charge in [-0.15, -0.1) is 0 Å². The van der Waals surface area contributed by atoms with Gasteiger partial charge >= 0.3 is 0 Å². The Morgan fingerprint density at radius 3 is 2.39 bits per heavy atom. The minimum atomic E-state index is -0.790. The van der Waals surface area contributed by atoms with Crippen LogP contribution in [-0.4, -0.2) is 36.5 Å². The van der Waals surface area contributed by atoms with Crippen LogP contribution in [0.15, 0.2) is 72.3 Å². The molecule has 2 aliphatic heterocycles. The molecule has 5 rings (SSSR count). The first-order valence-corrected chi connectivity index (χ1v) is 12.5. The number of ether oxygens (including phenoxy) is 1. The van der Waals surface area contributed by atoms with Crippen molar-refractivity contribution >= 4 is 40.4 Å². The van der Waals surface area contributed by atoms with Gasteiger partial charge in [0, 0.05) is 41.5 Å². The minimum Gasteiger partial charge on any atom is -0.507 e. The summed E-state index contributed by atoms with van der Waals surface area (Å²) >= 11 is 6.08. The average molecular weight is 503 g/mol. The van der Waals surface area contributed by atoms with Crippen LogP contribution in [0.1, 0.15) is 36.6 Å². The van der Waals surface area contributed by atoms with E-state index in [-0.39, 0.29) is 11.3 Å². The van der Waals surface area contributed by atoms with E-state index in [0.717, 1.165) is 42.1 Å². The summed E-state index contributed by atoms with van der Waals surface area (Å²) in [4.78, 5) is 30.4. The first kappa shape index (κ1) is 23.9. The number of aliphatic hydroxyl groups is 1. The molecule has 1 saturated heterocycles. The Balaban J connectivity index is 1.66. The molecule has 0 radical (unpaired) electrons. The molecule has 0 spiro atoms. The van der Waals surface area contributed by atoms with Crippen LogP contribution >= 0.6 is 11.6 Å². The average Bonchev–Trinajstić information content (AvgIpc) is 3.47. The van der Waals surface area contributed by atoms with E-state index in [2.05, 4.69) is 18.7 Å². The van der Waals surface area contributed by atoms with Crippen LogP contribution in [-0.2, 0) is 16.0 Å². The van der Waals surface area contributed by atoms with E-state index in [4.69, 9.17) is 16.3 Å². The molecule has 1 amide bonds. The zero-order chi connectivity index (χ0) is 25.4. The molecule has 3 aromatic carbocycles. The number of Topliss-reactive ketones (excluding diaryl/α,β-unsaturated/α-hetero) is 1. The van der Waals surface area contributed by atoms with Crippen molar-refractivity contribution in [1.29, 1.82) is 0 Å². The van der Waals surface area contributed by atoms with Gasteiger partial charge in [0.25, 0.3) is 11.7 Å². The first-order valence-electron chi connectivity index (χ1n) is 12.1. The fraction of sp³-hybridized carbons (Fsp3) is 0.241. The number of anilines is 2. The Morgan fingerprint density at radius 1 is 1.03 bits per heavy atom. The highest BCUT2D eigenvalue weighted by atomic mass is 35.5. The quantitative estimate of drug-likeness (QED) is 0.264. The lowest BCUT2D eigenvalue weighted by Gasteiger charge is -2.27. The van der Waals surface area contributed by atoms with Crippen LogP contribution in [0.2, 0.25) is 5.02 Å². The smallest absolute Gasteiger partial charge is 0.300 e. The van der Waals surface area contributed by atoms with E-state index >= 15 is 0 Å². The molecule has 0 bridgehead atoms.